The van der Waals surface area contributed by atoms with E-state index in [2.05, 4.69) is 4.74 Å². The number of carbonyl (C=O) groups excluding carboxylic acids is 2. The summed E-state index contributed by atoms with van der Waals surface area (Å²) in [6.07, 6.45) is 2.93. The van der Waals surface area contributed by atoms with Gasteiger partial charge in [-0.05, 0) is 18.6 Å². The predicted molar refractivity (Wildman–Crippen MR) is 63.9 cm³/mol. The zero-order chi connectivity index (χ0) is 13.0. The number of hydrogen-bond donors (Lipinski definition) is 0. The lowest BCUT2D eigenvalue weighted by Gasteiger charge is -2.15. The van der Waals surface area contributed by atoms with Crippen LogP contribution in [0.25, 0.3) is 0 Å². The van der Waals surface area contributed by atoms with Gasteiger partial charge in [-0.1, -0.05) is 0 Å². The first-order valence-corrected chi connectivity index (χ1v) is 6.08. The fourth-order valence-electron chi connectivity index (χ4n) is 2.21. The minimum atomic E-state index is -0.342. The predicted octanol–water partition coefficient (Wildman–Crippen LogP) is 1.55. The Hall–Kier alpha value is -1.78. The number of carbonyl (C=O) groups is 2. The summed E-state index contributed by atoms with van der Waals surface area (Å²) in [5.41, 5.74) is 0. The minimum absolute atomic E-state index is 0.00876. The van der Waals surface area contributed by atoms with Gasteiger partial charge in [-0.15, -0.1) is 0 Å². The normalized spacial score (nSPS) is 18.9. The summed E-state index contributed by atoms with van der Waals surface area (Å²) in [5, 5.41) is 0. The first-order chi connectivity index (χ1) is 8.70. The molecule has 5 nitrogen and oxygen atoms in total. The maximum absolute atomic E-state index is 11.9. The van der Waals surface area contributed by atoms with Crippen molar-refractivity contribution in [1.29, 1.82) is 0 Å². The molecular weight excluding hydrogens is 234 g/mol. The largest absolute Gasteiger partial charge is 0.469 e. The van der Waals surface area contributed by atoms with Gasteiger partial charge >= 0.3 is 5.97 Å². The van der Waals surface area contributed by atoms with Crippen LogP contribution in [0.1, 0.15) is 30.9 Å². The third-order valence-electron chi connectivity index (χ3n) is 3.26. The van der Waals surface area contributed by atoms with Crippen LogP contribution in [0.15, 0.2) is 22.8 Å². The molecule has 1 aliphatic heterocycles. The van der Waals surface area contributed by atoms with E-state index in [-0.39, 0.29) is 30.6 Å². The molecule has 2 heterocycles. The Morgan fingerprint density at radius 2 is 2.33 bits per heavy atom. The summed E-state index contributed by atoms with van der Waals surface area (Å²) in [6.45, 7) is 1.40. The number of esters is 1. The molecule has 1 atom stereocenters. The summed E-state index contributed by atoms with van der Waals surface area (Å²) in [5.74, 6) is 0.875. The quantitative estimate of drug-likeness (QED) is 0.762. The highest BCUT2D eigenvalue weighted by Crippen LogP contribution is 2.27. The lowest BCUT2D eigenvalue weighted by Crippen LogP contribution is -2.28. The molecule has 1 aliphatic rings. The molecule has 1 amide bonds. The molecule has 1 saturated heterocycles. The van der Waals surface area contributed by atoms with E-state index in [1.807, 2.05) is 12.1 Å². The molecular formula is C13H17NO4. The van der Waals surface area contributed by atoms with Gasteiger partial charge < -0.3 is 14.1 Å². The number of furan rings is 1. The van der Waals surface area contributed by atoms with Gasteiger partial charge in [0.15, 0.2) is 0 Å². The topological polar surface area (TPSA) is 59.8 Å². The molecule has 0 saturated carbocycles. The second-order valence-electron chi connectivity index (χ2n) is 4.42. The number of nitrogens with zero attached hydrogens (tertiary/aromatic N) is 1. The van der Waals surface area contributed by atoms with Crippen molar-refractivity contribution in [2.75, 3.05) is 20.2 Å². The Morgan fingerprint density at radius 3 is 3.00 bits per heavy atom. The number of likely N-dealkylation sites (tertiary alicyclic amines) is 1. The molecule has 0 spiro atoms. The van der Waals surface area contributed by atoms with Crippen LogP contribution in [-0.4, -0.2) is 37.0 Å². The zero-order valence-corrected chi connectivity index (χ0v) is 10.4. The van der Waals surface area contributed by atoms with E-state index in [9.17, 15) is 9.59 Å². The minimum Gasteiger partial charge on any atom is -0.469 e. The highest BCUT2D eigenvalue weighted by Gasteiger charge is 2.28. The molecule has 2 rings (SSSR count). The Labute approximate surface area is 106 Å². The first-order valence-electron chi connectivity index (χ1n) is 6.08. The molecule has 1 aromatic heterocycles. The highest BCUT2D eigenvalue weighted by atomic mass is 16.5. The maximum Gasteiger partial charge on any atom is 0.306 e. The smallest absolute Gasteiger partial charge is 0.306 e. The fraction of sp³-hybridized carbons (Fsp3) is 0.538. The number of ether oxygens (including phenoxy) is 1. The Morgan fingerprint density at radius 1 is 1.50 bits per heavy atom. The summed E-state index contributed by atoms with van der Waals surface area (Å²) in [7, 11) is 1.33. The van der Waals surface area contributed by atoms with Crippen LogP contribution >= 0.6 is 0 Å². The molecule has 1 fully saturated rings. The lowest BCUT2D eigenvalue weighted by atomic mass is 10.1. The summed E-state index contributed by atoms with van der Waals surface area (Å²) in [6, 6.07) is 3.80. The Balaban J connectivity index is 1.81. The number of rotatable bonds is 4. The standard InChI is InChI=1S/C13H17NO4/c1-17-13(16)5-4-12(15)14-7-6-10(9-14)11-3-2-8-18-11/h2-3,8,10H,4-7,9H2,1H3. The van der Waals surface area contributed by atoms with Crippen molar-refractivity contribution in [2.24, 2.45) is 0 Å². The molecule has 0 radical (unpaired) electrons. The van der Waals surface area contributed by atoms with Crippen molar-refractivity contribution in [1.82, 2.24) is 4.90 Å². The number of amides is 1. The number of hydrogen-bond acceptors (Lipinski definition) is 4. The maximum atomic E-state index is 11.9. The average Bonchev–Trinajstić information content (AvgIpc) is 3.04. The van der Waals surface area contributed by atoms with Crippen molar-refractivity contribution in [3.63, 3.8) is 0 Å². The van der Waals surface area contributed by atoms with Crippen molar-refractivity contribution < 1.29 is 18.7 Å². The van der Waals surface area contributed by atoms with Crippen LogP contribution in [0.3, 0.4) is 0 Å². The molecule has 98 valence electrons. The van der Waals surface area contributed by atoms with Gasteiger partial charge in [-0.2, -0.15) is 0 Å². The molecule has 0 aliphatic carbocycles. The third-order valence-corrected chi connectivity index (χ3v) is 3.26. The van der Waals surface area contributed by atoms with Crippen LogP contribution in [0.5, 0.6) is 0 Å². The van der Waals surface area contributed by atoms with E-state index < -0.39 is 0 Å². The van der Waals surface area contributed by atoms with Crippen LogP contribution < -0.4 is 0 Å². The van der Waals surface area contributed by atoms with Crippen LogP contribution in [-0.2, 0) is 14.3 Å². The van der Waals surface area contributed by atoms with Gasteiger partial charge in [-0.3, -0.25) is 9.59 Å². The second kappa shape index (κ2) is 5.71. The van der Waals surface area contributed by atoms with E-state index in [1.54, 1.807) is 11.2 Å². The van der Waals surface area contributed by atoms with Crippen molar-refractivity contribution >= 4 is 11.9 Å². The zero-order valence-electron chi connectivity index (χ0n) is 10.4. The van der Waals surface area contributed by atoms with Crippen molar-refractivity contribution in [3.05, 3.63) is 24.2 Å². The SMILES string of the molecule is COC(=O)CCC(=O)N1CCC(c2ccco2)C1. The van der Waals surface area contributed by atoms with E-state index in [1.165, 1.54) is 7.11 Å². The summed E-state index contributed by atoms with van der Waals surface area (Å²) >= 11 is 0. The van der Waals surface area contributed by atoms with Crippen molar-refractivity contribution in [3.8, 4) is 0 Å². The van der Waals surface area contributed by atoms with Crippen LogP contribution in [0, 0.1) is 0 Å². The molecule has 1 unspecified atom stereocenters. The van der Waals surface area contributed by atoms with Gasteiger partial charge in [0.2, 0.25) is 5.91 Å². The van der Waals surface area contributed by atoms with E-state index in [4.69, 9.17) is 4.42 Å². The highest BCUT2D eigenvalue weighted by molar-refractivity contribution is 5.81. The molecule has 1 aromatic rings. The molecule has 18 heavy (non-hydrogen) atoms. The van der Waals surface area contributed by atoms with Crippen LogP contribution in [0.4, 0.5) is 0 Å². The van der Waals surface area contributed by atoms with Gasteiger partial charge in [0.05, 0.1) is 19.8 Å². The van der Waals surface area contributed by atoms with Crippen molar-refractivity contribution in [2.45, 2.75) is 25.2 Å². The number of methoxy groups -OCH3 is 1. The third kappa shape index (κ3) is 2.91. The Bertz CT molecular complexity index is 413. The van der Waals surface area contributed by atoms with Gasteiger partial charge in [-0.25, -0.2) is 0 Å². The van der Waals surface area contributed by atoms with E-state index in [0.717, 1.165) is 18.7 Å². The Kier molecular flexibility index (Phi) is 4.02. The van der Waals surface area contributed by atoms with Crippen LogP contribution in [0.2, 0.25) is 0 Å². The molecule has 5 heteroatoms. The van der Waals surface area contributed by atoms with E-state index >= 15 is 0 Å². The first kappa shape index (κ1) is 12.7. The summed E-state index contributed by atoms with van der Waals surface area (Å²) < 4.78 is 9.87. The van der Waals surface area contributed by atoms with Gasteiger partial charge in [0.1, 0.15) is 5.76 Å². The fourth-order valence-corrected chi connectivity index (χ4v) is 2.21. The average molecular weight is 251 g/mol. The lowest BCUT2D eigenvalue weighted by molar-refractivity contribution is -0.143. The second-order valence-corrected chi connectivity index (χ2v) is 4.42. The molecule has 0 aromatic carbocycles. The molecule has 0 N–H and O–H groups in total. The van der Waals surface area contributed by atoms with Gasteiger partial charge in [0.25, 0.3) is 0 Å². The van der Waals surface area contributed by atoms with Gasteiger partial charge in [0, 0.05) is 25.4 Å². The molecule has 0 bridgehead atoms. The van der Waals surface area contributed by atoms with E-state index in [0.29, 0.717) is 6.54 Å². The monoisotopic (exact) mass is 251 g/mol. The summed E-state index contributed by atoms with van der Waals surface area (Å²) in [4.78, 5) is 24.6.